The van der Waals surface area contributed by atoms with Crippen LogP contribution in [0.25, 0.3) is 0 Å². The first-order chi connectivity index (χ1) is 17.0. The third-order valence-electron chi connectivity index (χ3n) is 5.99. The second-order valence-corrected chi connectivity index (χ2v) is 8.42. The van der Waals surface area contributed by atoms with Crippen LogP contribution in [0.4, 0.5) is 5.69 Å². The summed E-state index contributed by atoms with van der Waals surface area (Å²) < 4.78 is 22.0. The smallest absolute Gasteiger partial charge is 0.265 e. The molecule has 9 nitrogen and oxygen atoms in total. The Balaban J connectivity index is 1.34. The quantitative estimate of drug-likeness (QED) is 0.491. The average molecular weight is 483 g/mol. The van der Waals surface area contributed by atoms with Crippen molar-refractivity contribution in [3.8, 4) is 17.2 Å². The lowest BCUT2D eigenvalue weighted by Crippen LogP contribution is -2.40. The summed E-state index contributed by atoms with van der Waals surface area (Å²) in [5, 5.41) is 2.89. The van der Waals surface area contributed by atoms with E-state index in [1.165, 1.54) is 7.11 Å². The molecule has 4 rings (SSSR count). The molecule has 1 saturated heterocycles. The summed E-state index contributed by atoms with van der Waals surface area (Å²) in [6.07, 6.45) is 2.85. The number of hydrogen-bond acceptors (Lipinski definition) is 7. The maximum atomic E-state index is 12.8. The van der Waals surface area contributed by atoms with Gasteiger partial charge < -0.3 is 29.2 Å². The van der Waals surface area contributed by atoms with Crippen LogP contribution in [-0.4, -0.2) is 63.7 Å². The van der Waals surface area contributed by atoms with Crippen molar-refractivity contribution in [2.75, 3.05) is 44.9 Å². The van der Waals surface area contributed by atoms with Gasteiger partial charge in [0.25, 0.3) is 5.91 Å². The number of carbonyl (C=O) groups is 3. The van der Waals surface area contributed by atoms with Gasteiger partial charge >= 0.3 is 0 Å². The largest absolute Gasteiger partial charge is 0.493 e. The number of ketones is 1. The lowest BCUT2D eigenvalue weighted by molar-refractivity contribution is -0.123. The van der Waals surface area contributed by atoms with Gasteiger partial charge in [-0.25, -0.2) is 0 Å². The normalized spacial score (nSPS) is 16.9. The van der Waals surface area contributed by atoms with Crippen molar-refractivity contribution in [2.24, 2.45) is 0 Å². The van der Waals surface area contributed by atoms with Crippen molar-refractivity contribution in [2.45, 2.75) is 31.8 Å². The van der Waals surface area contributed by atoms with Gasteiger partial charge in [-0.15, -0.1) is 0 Å². The Morgan fingerprint density at radius 1 is 1.17 bits per heavy atom. The number of nitrogens with one attached hydrogen (secondary N) is 1. The van der Waals surface area contributed by atoms with Gasteiger partial charge in [-0.3, -0.25) is 14.4 Å². The highest BCUT2D eigenvalue weighted by Crippen LogP contribution is 2.33. The molecule has 0 radical (unpaired) electrons. The van der Waals surface area contributed by atoms with E-state index in [0.717, 1.165) is 19.4 Å². The standard InChI is InChI=1S/C26H30N2O7/c1-32-23-7-2-3-8-24(23)34-16-21(29)18-10-11-22-20(14-18)28(26(31)17-35-22)12-4-9-25(30)27-15-19-6-5-13-33-19/h2-3,7-8,10-11,14,19H,4-6,9,12-13,15-17H2,1H3,(H,27,30)/t19-/m0/s1. The summed E-state index contributed by atoms with van der Waals surface area (Å²) in [6, 6.07) is 12.1. The Labute approximate surface area is 204 Å². The van der Waals surface area contributed by atoms with E-state index >= 15 is 0 Å². The van der Waals surface area contributed by atoms with E-state index in [4.69, 9.17) is 18.9 Å². The molecule has 1 atom stereocenters. The van der Waals surface area contributed by atoms with E-state index in [1.54, 1.807) is 41.3 Å². The Morgan fingerprint density at radius 2 is 2.00 bits per heavy atom. The van der Waals surface area contributed by atoms with Crippen molar-refractivity contribution in [3.05, 3.63) is 48.0 Å². The maximum absolute atomic E-state index is 12.8. The van der Waals surface area contributed by atoms with Crippen LogP contribution in [0.5, 0.6) is 17.2 Å². The topological polar surface area (TPSA) is 103 Å². The molecule has 35 heavy (non-hydrogen) atoms. The number of anilines is 1. The Morgan fingerprint density at radius 3 is 2.77 bits per heavy atom. The van der Waals surface area contributed by atoms with Gasteiger partial charge in [-0.1, -0.05) is 12.1 Å². The highest BCUT2D eigenvalue weighted by Gasteiger charge is 2.27. The number of para-hydroxylation sites is 2. The third-order valence-corrected chi connectivity index (χ3v) is 5.99. The first-order valence-corrected chi connectivity index (χ1v) is 11.8. The molecule has 0 aliphatic carbocycles. The first kappa shape index (κ1) is 24.5. The predicted molar refractivity (Wildman–Crippen MR) is 128 cm³/mol. The fourth-order valence-corrected chi connectivity index (χ4v) is 4.10. The fraction of sp³-hybridized carbons (Fsp3) is 0.423. The molecule has 9 heteroatoms. The van der Waals surface area contributed by atoms with E-state index in [9.17, 15) is 14.4 Å². The van der Waals surface area contributed by atoms with Gasteiger partial charge in [0.15, 0.2) is 30.5 Å². The molecule has 186 valence electrons. The average Bonchev–Trinajstić information content (AvgIpc) is 3.41. The summed E-state index contributed by atoms with van der Waals surface area (Å²) >= 11 is 0. The minimum absolute atomic E-state index is 0.0705. The second kappa shape index (κ2) is 11.7. The lowest BCUT2D eigenvalue weighted by Gasteiger charge is -2.29. The molecule has 2 aliphatic rings. The molecule has 1 fully saturated rings. The summed E-state index contributed by atoms with van der Waals surface area (Å²) in [5.74, 6) is 1.00. The molecule has 1 N–H and O–H groups in total. The zero-order valence-electron chi connectivity index (χ0n) is 19.8. The summed E-state index contributed by atoms with van der Waals surface area (Å²) in [7, 11) is 1.53. The van der Waals surface area contributed by atoms with Gasteiger partial charge in [-0.05, 0) is 49.6 Å². The number of nitrogens with zero attached hydrogens (tertiary/aromatic N) is 1. The number of benzene rings is 2. The number of methoxy groups -OCH3 is 1. The predicted octanol–water partition coefficient (Wildman–Crippen LogP) is 2.76. The number of rotatable bonds is 11. The van der Waals surface area contributed by atoms with E-state index in [1.807, 2.05) is 6.07 Å². The van der Waals surface area contributed by atoms with Crippen LogP contribution < -0.4 is 24.4 Å². The van der Waals surface area contributed by atoms with Crippen molar-refractivity contribution in [1.29, 1.82) is 0 Å². The van der Waals surface area contributed by atoms with Gasteiger partial charge in [-0.2, -0.15) is 0 Å². The number of hydrogen-bond donors (Lipinski definition) is 1. The number of amides is 2. The summed E-state index contributed by atoms with van der Waals surface area (Å²) in [5.41, 5.74) is 0.917. The molecule has 0 spiro atoms. The highest BCUT2D eigenvalue weighted by atomic mass is 16.5. The van der Waals surface area contributed by atoms with Gasteiger partial charge in [0.05, 0.1) is 18.9 Å². The minimum atomic E-state index is -0.245. The SMILES string of the molecule is COc1ccccc1OCC(=O)c1ccc2c(c1)N(CCCC(=O)NC[C@@H]1CCCO1)C(=O)CO2. The molecule has 2 aromatic carbocycles. The highest BCUT2D eigenvalue weighted by molar-refractivity contribution is 6.02. The fourth-order valence-electron chi connectivity index (χ4n) is 4.10. The third kappa shape index (κ3) is 6.30. The molecule has 2 aliphatic heterocycles. The van der Waals surface area contributed by atoms with E-state index in [2.05, 4.69) is 5.32 Å². The molecular formula is C26H30N2O7. The first-order valence-electron chi connectivity index (χ1n) is 11.8. The number of carbonyl (C=O) groups excluding carboxylic acids is 3. The van der Waals surface area contributed by atoms with Gasteiger partial charge in [0.2, 0.25) is 5.91 Å². The van der Waals surface area contributed by atoms with Crippen LogP contribution in [0.3, 0.4) is 0 Å². The molecule has 2 heterocycles. The van der Waals surface area contributed by atoms with Crippen molar-refractivity contribution >= 4 is 23.3 Å². The van der Waals surface area contributed by atoms with Crippen LogP contribution in [0.2, 0.25) is 0 Å². The zero-order valence-corrected chi connectivity index (χ0v) is 19.8. The summed E-state index contributed by atoms with van der Waals surface area (Å²) in [4.78, 5) is 39.1. The number of Topliss-reactive ketones (excluding diaryl/α,β-unsaturated/α-hetero) is 1. The van der Waals surface area contributed by atoms with Crippen LogP contribution in [0, 0.1) is 0 Å². The maximum Gasteiger partial charge on any atom is 0.265 e. The Kier molecular flexibility index (Phi) is 8.20. The molecular weight excluding hydrogens is 452 g/mol. The Bertz CT molecular complexity index is 1070. The summed E-state index contributed by atoms with van der Waals surface area (Å²) in [6.45, 7) is 1.34. The van der Waals surface area contributed by atoms with Gasteiger partial charge in [0, 0.05) is 31.7 Å². The Hall–Kier alpha value is -3.59. The molecule has 2 amide bonds. The van der Waals surface area contributed by atoms with Crippen molar-refractivity contribution in [3.63, 3.8) is 0 Å². The van der Waals surface area contributed by atoms with Crippen LogP contribution in [-0.2, 0) is 14.3 Å². The van der Waals surface area contributed by atoms with Crippen molar-refractivity contribution < 1.29 is 33.3 Å². The number of fused-ring (bicyclic) bond motifs is 1. The van der Waals surface area contributed by atoms with Crippen molar-refractivity contribution in [1.82, 2.24) is 5.32 Å². The molecule has 0 unspecified atom stereocenters. The van der Waals surface area contributed by atoms with Crippen LogP contribution in [0.15, 0.2) is 42.5 Å². The van der Waals surface area contributed by atoms with E-state index in [0.29, 0.717) is 48.0 Å². The monoisotopic (exact) mass is 482 g/mol. The van der Waals surface area contributed by atoms with Gasteiger partial charge in [0.1, 0.15) is 5.75 Å². The molecule has 2 aromatic rings. The number of ether oxygens (including phenoxy) is 4. The zero-order chi connectivity index (χ0) is 24.6. The van der Waals surface area contributed by atoms with Crippen LogP contribution >= 0.6 is 0 Å². The lowest BCUT2D eigenvalue weighted by atomic mass is 10.1. The van der Waals surface area contributed by atoms with E-state index in [-0.39, 0.29) is 43.3 Å². The molecule has 0 aromatic heterocycles. The molecule has 0 bridgehead atoms. The second-order valence-electron chi connectivity index (χ2n) is 8.42. The minimum Gasteiger partial charge on any atom is -0.493 e. The van der Waals surface area contributed by atoms with E-state index < -0.39 is 0 Å². The molecule has 0 saturated carbocycles. The van der Waals surface area contributed by atoms with Crippen LogP contribution in [0.1, 0.15) is 36.0 Å².